The van der Waals surface area contributed by atoms with Crippen molar-refractivity contribution in [2.45, 2.75) is 31.8 Å². The smallest absolute Gasteiger partial charge is 0.0236 e. The summed E-state index contributed by atoms with van der Waals surface area (Å²) in [5.41, 5.74) is 0. The maximum absolute atomic E-state index is 3.39. The van der Waals surface area contributed by atoms with Crippen LogP contribution < -0.4 is 5.32 Å². The Morgan fingerprint density at radius 1 is 1.21 bits per heavy atom. The molecule has 2 heterocycles. The zero-order valence-electron chi connectivity index (χ0n) is 9.50. The molecule has 0 aromatic rings. The molecule has 2 fully saturated rings. The number of nitrogens with zero attached hydrogens (tertiary/aromatic N) is 2. The van der Waals surface area contributed by atoms with E-state index < -0.39 is 0 Å². The van der Waals surface area contributed by atoms with Crippen molar-refractivity contribution >= 4 is 0 Å². The topological polar surface area (TPSA) is 18.5 Å². The van der Waals surface area contributed by atoms with Crippen molar-refractivity contribution in [2.75, 3.05) is 39.8 Å². The Labute approximate surface area is 87.4 Å². The molecule has 0 spiro atoms. The fraction of sp³-hybridized carbons (Fsp3) is 1.00. The van der Waals surface area contributed by atoms with Gasteiger partial charge in [-0.2, -0.15) is 0 Å². The summed E-state index contributed by atoms with van der Waals surface area (Å²) in [5, 5.41) is 3.39. The van der Waals surface area contributed by atoms with Crippen LogP contribution in [0.4, 0.5) is 0 Å². The number of hydrogen-bond acceptors (Lipinski definition) is 3. The Bertz CT molecular complexity index is 163. The highest BCUT2D eigenvalue weighted by Gasteiger charge is 2.31. The van der Waals surface area contributed by atoms with Crippen molar-refractivity contribution in [3.63, 3.8) is 0 Å². The van der Waals surface area contributed by atoms with Gasteiger partial charge in [0, 0.05) is 31.7 Å². The zero-order valence-corrected chi connectivity index (χ0v) is 9.50. The van der Waals surface area contributed by atoms with Gasteiger partial charge in [0.05, 0.1) is 0 Å². The highest BCUT2D eigenvalue weighted by Crippen LogP contribution is 2.20. The van der Waals surface area contributed by atoms with Gasteiger partial charge in [-0.15, -0.1) is 0 Å². The molecule has 2 aliphatic rings. The highest BCUT2D eigenvalue weighted by molar-refractivity contribution is 4.89. The van der Waals surface area contributed by atoms with Crippen molar-refractivity contribution < 1.29 is 0 Å². The minimum Gasteiger partial charge on any atom is -0.316 e. The predicted molar refractivity (Wildman–Crippen MR) is 59.6 cm³/mol. The summed E-state index contributed by atoms with van der Waals surface area (Å²) in [7, 11) is 2.08. The molecule has 0 radical (unpaired) electrons. The lowest BCUT2D eigenvalue weighted by Gasteiger charge is -2.24. The van der Waals surface area contributed by atoms with Gasteiger partial charge in [-0.05, 0) is 33.0 Å². The summed E-state index contributed by atoms with van der Waals surface area (Å²) >= 11 is 0. The van der Waals surface area contributed by atoms with E-state index in [2.05, 4.69) is 29.1 Å². The average Bonchev–Trinajstić information content (AvgIpc) is 2.86. The maximum Gasteiger partial charge on any atom is 0.0236 e. The van der Waals surface area contributed by atoms with Crippen molar-refractivity contribution in [3.05, 3.63) is 0 Å². The SMILES string of the molecule is CCN1CCC(N2CCC(NC)C2)C1. The van der Waals surface area contributed by atoms with E-state index in [9.17, 15) is 0 Å². The minimum absolute atomic E-state index is 0.741. The highest BCUT2D eigenvalue weighted by atomic mass is 15.3. The number of rotatable bonds is 3. The molecule has 0 amide bonds. The molecule has 0 aromatic carbocycles. The van der Waals surface area contributed by atoms with Crippen LogP contribution in [0.1, 0.15) is 19.8 Å². The van der Waals surface area contributed by atoms with Crippen LogP contribution in [0.15, 0.2) is 0 Å². The number of hydrogen-bond donors (Lipinski definition) is 1. The number of nitrogens with one attached hydrogen (secondary N) is 1. The van der Waals surface area contributed by atoms with E-state index in [4.69, 9.17) is 0 Å². The summed E-state index contributed by atoms with van der Waals surface area (Å²) in [6.07, 6.45) is 2.71. The van der Waals surface area contributed by atoms with Crippen molar-refractivity contribution in [3.8, 4) is 0 Å². The third-order valence-corrected chi connectivity index (χ3v) is 3.84. The second-order valence-electron chi connectivity index (χ2n) is 4.60. The second kappa shape index (κ2) is 4.60. The van der Waals surface area contributed by atoms with Gasteiger partial charge in [-0.3, -0.25) is 4.90 Å². The molecule has 14 heavy (non-hydrogen) atoms. The molecule has 2 unspecified atom stereocenters. The zero-order chi connectivity index (χ0) is 9.97. The first-order chi connectivity index (χ1) is 6.83. The fourth-order valence-corrected chi connectivity index (χ4v) is 2.75. The van der Waals surface area contributed by atoms with Crippen LogP contribution in [-0.2, 0) is 0 Å². The van der Waals surface area contributed by atoms with E-state index in [1.165, 1.54) is 45.6 Å². The molecule has 0 bridgehead atoms. The summed E-state index contributed by atoms with van der Waals surface area (Å²) in [4.78, 5) is 5.24. The monoisotopic (exact) mass is 197 g/mol. The third-order valence-electron chi connectivity index (χ3n) is 3.84. The van der Waals surface area contributed by atoms with E-state index in [1.54, 1.807) is 0 Å². The van der Waals surface area contributed by atoms with Crippen molar-refractivity contribution in [2.24, 2.45) is 0 Å². The van der Waals surface area contributed by atoms with E-state index in [1.807, 2.05) is 0 Å². The van der Waals surface area contributed by atoms with Crippen LogP contribution in [0.2, 0.25) is 0 Å². The summed E-state index contributed by atoms with van der Waals surface area (Å²) in [5.74, 6) is 0. The molecule has 3 nitrogen and oxygen atoms in total. The Balaban J connectivity index is 1.80. The van der Waals surface area contributed by atoms with Crippen molar-refractivity contribution in [1.82, 2.24) is 15.1 Å². The van der Waals surface area contributed by atoms with E-state index in [0.29, 0.717) is 0 Å². The predicted octanol–water partition coefficient (Wildman–Crippen LogP) is 0.374. The van der Waals surface area contributed by atoms with Crippen molar-refractivity contribution in [1.29, 1.82) is 0 Å². The van der Waals surface area contributed by atoms with Crippen LogP contribution in [0, 0.1) is 0 Å². The van der Waals surface area contributed by atoms with Gasteiger partial charge in [-0.25, -0.2) is 0 Å². The molecule has 2 saturated heterocycles. The van der Waals surface area contributed by atoms with Crippen LogP contribution in [-0.4, -0.2) is 61.7 Å². The Morgan fingerprint density at radius 2 is 2.07 bits per heavy atom. The second-order valence-corrected chi connectivity index (χ2v) is 4.60. The Morgan fingerprint density at radius 3 is 2.64 bits per heavy atom. The summed E-state index contributed by atoms with van der Waals surface area (Å²) in [6, 6.07) is 1.58. The quantitative estimate of drug-likeness (QED) is 0.705. The molecule has 3 heteroatoms. The maximum atomic E-state index is 3.39. The van der Waals surface area contributed by atoms with E-state index >= 15 is 0 Å². The lowest BCUT2D eigenvalue weighted by Crippen LogP contribution is -2.38. The summed E-state index contributed by atoms with van der Waals surface area (Å²) in [6.45, 7) is 8.66. The van der Waals surface area contributed by atoms with Gasteiger partial charge in [-0.1, -0.05) is 6.92 Å². The van der Waals surface area contributed by atoms with Gasteiger partial charge in [0.15, 0.2) is 0 Å². The number of likely N-dealkylation sites (N-methyl/N-ethyl adjacent to an activating group) is 2. The van der Waals surface area contributed by atoms with Crippen LogP contribution in [0.5, 0.6) is 0 Å². The molecular weight excluding hydrogens is 174 g/mol. The first-order valence-corrected chi connectivity index (χ1v) is 5.97. The molecule has 1 N–H and O–H groups in total. The van der Waals surface area contributed by atoms with Crippen LogP contribution in [0.25, 0.3) is 0 Å². The van der Waals surface area contributed by atoms with Gasteiger partial charge in [0.1, 0.15) is 0 Å². The molecule has 2 atom stereocenters. The lowest BCUT2D eigenvalue weighted by atomic mass is 10.2. The normalized spacial score (nSPS) is 35.6. The van der Waals surface area contributed by atoms with E-state index in [0.717, 1.165) is 12.1 Å². The Kier molecular flexibility index (Phi) is 3.42. The van der Waals surface area contributed by atoms with E-state index in [-0.39, 0.29) is 0 Å². The molecule has 0 saturated carbocycles. The standard InChI is InChI=1S/C11H23N3/c1-3-13-6-5-11(9-13)14-7-4-10(8-14)12-2/h10-12H,3-9H2,1-2H3. The Hall–Kier alpha value is -0.120. The first-order valence-electron chi connectivity index (χ1n) is 5.97. The molecule has 0 aliphatic carbocycles. The molecule has 0 aromatic heterocycles. The largest absolute Gasteiger partial charge is 0.316 e. The lowest BCUT2D eigenvalue weighted by molar-refractivity contribution is 0.231. The van der Waals surface area contributed by atoms with Gasteiger partial charge >= 0.3 is 0 Å². The average molecular weight is 197 g/mol. The van der Waals surface area contributed by atoms with Crippen LogP contribution in [0.3, 0.4) is 0 Å². The molecule has 2 aliphatic heterocycles. The number of likely N-dealkylation sites (tertiary alicyclic amines) is 2. The van der Waals surface area contributed by atoms with Gasteiger partial charge in [0.2, 0.25) is 0 Å². The van der Waals surface area contributed by atoms with Gasteiger partial charge < -0.3 is 10.2 Å². The molecule has 2 rings (SSSR count). The molecule has 82 valence electrons. The third kappa shape index (κ3) is 2.10. The first kappa shape index (κ1) is 10.4. The molecular formula is C11H23N3. The summed E-state index contributed by atoms with van der Waals surface area (Å²) < 4.78 is 0. The van der Waals surface area contributed by atoms with Gasteiger partial charge in [0.25, 0.3) is 0 Å². The fourth-order valence-electron chi connectivity index (χ4n) is 2.75. The minimum atomic E-state index is 0.741. The van der Waals surface area contributed by atoms with Crippen LogP contribution >= 0.6 is 0 Å².